The van der Waals surface area contributed by atoms with Crippen molar-refractivity contribution < 1.29 is 19.3 Å². The molecule has 1 unspecified atom stereocenters. The second kappa shape index (κ2) is 9.01. The van der Waals surface area contributed by atoms with Gasteiger partial charge in [0.2, 0.25) is 6.79 Å². The van der Waals surface area contributed by atoms with Crippen molar-refractivity contribution in [3.63, 3.8) is 0 Å². The summed E-state index contributed by atoms with van der Waals surface area (Å²) in [5, 5.41) is 11.1. The minimum atomic E-state index is 0.00608. The highest BCUT2D eigenvalue weighted by Crippen LogP contribution is 2.42. The van der Waals surface area contributed by atoms with E-state index in [0.717, 1.165) is 75.4 Å². The summed E-state index contributed by atoms with van der Waals surface area (Å²) in [4.78, 5) is 2.70. The normalized spacial score (nSPS) is 20.9. The van der Waals surface area contributed by atoms with E-state index in [1.165, 1.54) is 22.1 Å². The van der Waals surface area contributed by atoms with Crippen LogP contribution in [-0.4, -0.2) is 47.7 Å². The number of nitrogens with zero attached hydrogens (tertiary/aromatic N) is 2. The molecule has 0 amide bonds. The number of rotatable bonds is 6. The van der Waals surface area contributed by atoms with Crippen molar-refractivity contribution in [1.82, 2.24) is 9.47 Å². The van der Waals surface area contributed by atoms with Gasteiger partial charge < -0.3 is 23.9 Å². The molecule has 6 nitrogen and oxygen atoms in total. The number of para-hydroxylation sites is 1. The Morgan fingerprint density at radius 1 is 1.03 bits per heavy atom. The molecular weight excluding hydrogens is 416 g/mol. The first-order valence-electron chi connectivity index (χ1n) is 12.2. The first-order chi connectivity index (χ1) is 16.3. The fourth-order valence-corrected chi connectivity index (χ4v) is 5.89. The molecule has 6 rings (SSSR count). The smallest absolute Gasteiger partial charge is 0.231 e. The van der Waals surface area contributed by atoms with Gasteiger partial charge in [-0.15, -0.1) is 0 Å². The zero-order chi connectivity index (χ0) is 22.2. The van der Waals surface area contributed by atoms with Gasteiger partial charge in [0, 0.05) is 43.9 Å². The minimum absolute atomic E-state index is 0.00608. The average Bonchev–Trinajstić information content (AvgIpc) is 3.46. The van der Waals surface area contributed by atoms with Gasteiger partial charge >= 0.3 is 0 Å². The molecule has 33 heavy (non-hydrogen) atoms. The van der Waals surface area contributed by atoms with E-state index < -0.39 is 0 Å². The Morgan fingerprint density at radius 3 is 2.70 bits per heavy atom. The summed E-state index contributed by atoms with van der Waals surface area (Å²) >= 11 is 0. The highest BCUT2D eigenvalue weighted by atomic mass is 16.7. The van der Waals surface area contributed by atoms with Crippen LogP contribution in [0.1, 0.15) is 42.0 Å². The first-order valence-corrected chi connectivity index (χ1v) is 12.2. The van der Waals surface area contributed by atoms with E-state index in [1.807, 2.05) is 10.6 Å². The van der Waals surface area contributed by atoms with E-state index >= 15 is 0 Å². The average molecular weight is 449 g/mol. The van der Waals surface area contributed by atoms with Crippen LogP contribution in [0.4, 0.5) is 0 Å². The third kappa shape index (κ3) is 4.01. The first kappa shape index (κ1) is 21.0. The molecule has 3 aliphatic heterocycles. The maximum Gasteiger partial charge on any atom is 0.231 e. The Kier molecular flexibility index (Phi) is 5.74. The lowest BCUT2D eigenvalue weighted by Crippen LogP contribution is -2.40. The Balaban J connectivity index is 1.30. The summed E-state index contributed by atoms with van der Waals surface area (Å²) in [5.41, 5.74) is 5.19. The number of fused-ring (bicyclic) bond motifs is 3. The van der Waals surface area contributed by atoms with Crippen LogP contribution in [0.15, 0.2) is 42.6 Å². The highest BCUT2D eigenvalue weighted by molar-refractivity contribution is 5.83. The van der Waals surface area contributed by atoms with Crippen molar-refractivity contribution in [3.8, 4) is 11.5 Å². The maximum atomic E-state index is 9.83. The molecule has 0 radical (unpaired) electrons. The largest absolute Gasteiger partial charge is 0.454 e. The van der Waals surface area contributed by atoms with Crippen LogP contribution in [-0.2, 0) is 24.3 Å². The molecule has 174 valence electrons. The fraction of sp³-hybridized carbons (Fsp3) is 0.481. The van der Waals surface area contributed by atoms with Crippen molar-refractivity contribution in [2.24, 2.45) is 5.92 Å². The summed E-state index contributed by atoms with van der Waals surface area (Å²) in [6.07, 6.45) is 7.49. The number of aliphatic hydroxyl groups excluding tert-OH is 1. The Labute approximate surface area is 194 Å². The van der Waals surface area contributed by atoms with Gasteiger partial charge in [0.15, 0.2) is 11.5 Å². The summed E-state index contributed by atoms with van der Waals surface area (Å²) < 4.78 is 19.0. The van der Waals surface area contributed by atoms with Gasteiger partial charge in [0.05, 0.1) is 5.52 Å². The lowest BCUT2D eigenvalue weighted by Gasteiger charge is -2.40. The molecule has 2 aromatic carbocycles. The van der Waals surface area contributed by atoms with Gasteiger partial charge in [-0.25, -0.2) is 0 Å². The van der Waals surface area contributed by atoms with E-state index in [0.29, 0.717) is 18.8 Å². The molecule has 0 aliphatic carbocycles. The number of aromatic nitrogens is 1. The van der Waals surface area contributed by atoms with Gasteiger partial charge in [-0.3, -0.25) is 4.90 Å². The quantitative estimate of drug-likeness (QED) is 0.610. The van der Waals surface area contributed by atoms with Gasteiger partial charge in [0.1, 0.15) is 6.73 Å². The second-order valence-electron chi connectivity index (χ2n) is 9.54. The van der Waals surface area contributed by atoms with Crippen LogP contribution in [0.2, 0.25) is 0 Å². The van der Waals surface area contributed by atoms with Gasteiger partial charge in [-0.1, -0.05) is 18.2 Å². The maximum absolute atomic E-state index is 9.83. The molecule has 1 saturated heterocycles. The third-order valence-electron chi connectivity index (χ3n) is 7.65. The third-order valence-corrected chi connectivity index (χ3v) is 7.65. The molecular formula is C27H32N2O4. The summed E-state index contributed by atoms with van der Waals surface area (Å²) in [7, 11) is 0. The molecule has 0 bridgehead atoms. The standard InChI is InChI=1S/C27H32N2O4/c30-17-29-16-21(22-3-1-2-4-24(22)29)5-6-25-23-14-27-26(32-18-33-27)13-20(23)7-10-28(25)15-19-8-11-31-12-9-19/h1-4,13-14,16,19,25,30H,5-12,15,17-18H2. The van der Waals surface area contributed by atoms with Crippen LogP contribution in [0.5, 0.6) is 11.5 Å². The van der Waals surface area contributed by atoms with E-state index in [4.69, 9.17) is 14.2 Å². The zero-order valence-electron chi connectivity index (χ0n) is 19.0. The number of aryl methyl sites for hydroxylation is 1. The monoisotopic (exact) mass is 448 g/mol. The van der Waals surface area contributed by atoms with Crippen LogP contribution in [0.25, 0.3) is 10.9 Å². The molecule has 0 spiro atoms. The number of hydrogen-bond acceptors (Lipinski definition) is 5. The summed E-state index contributed by atoms with van der Waals surface area (Å²) in [6, 6.07) is 13.2. The zero-order valence-corrected chi connectivity index (χ0v) is 19.0. The predicted molar refractivity (Wildman–Crippen MR) is 127 cm³/mol. The van der Waals surface area contributed by atoms with Crippen molar-refractivity contribution >= 4 is 10.9 Å². The van der Waals surface area contributed by atoms with E-state index in [-0.39, 0.29) is 6.73 Å². The summed E-state index contributed by atoms with van der Waals surface area (Å²) in [6.45, 7) is 4.30. The number of ether oxygens (including phenoxy) is 3. The van der Waals surface area contributed by atoms with Crippen molar-refractivity contribution in [2.45, 2.75) is 44.9 Å². The van der Waals surface area contributed by atoms with Crippen molar-refractivity contribution in [3.05, 3.63) is 59.3 Å². The number of benzene rings is 2. The van der Waals surface area contributed by atoms with Crippen LogP contribution >= 0.6 is 0 Å². The molecule has 0 saturated carbocycles. The molecule has 1 aromatic heterocycles. The minimum Gasteiger partial charge on any atom is -0.454 e. The lowest BCUT2D eigenvalue weighted by molar-refractivity contribution is 0.0423. The Hall–Kier alpha value is -2.54. The van der Waals surface area contributed by atoms with E-state index in [9.17, 15) is 5.11 Å². The van der Waals surface area contributed by atoms with Gasteiger partial charge in [-0.2, -0.15) is 0 Å². The number of hydrogen-bond donors (Lipinski definition) is 1. The summed E-state index contributed by atoms with van der Waals surface area (Å²) in [5.74, 6) is 2.47. The van der Waals surface area contributed by atoms with Gasteiger partial charge in [0.25, 0.3) is 0 Å². The van der Waals surface area contributed by atoms with Gasteiger partial charge in [-0.05, 0) is 72.9 Å². The molecule has 3 aromatic rings. The van der Waals surface area contributed by atoms with E-state index in [1.54, 1.807) is 0 Å². The van der Waals surface area contributed by atoms with Crippen LogP contribution in [0, 0.1) is 5.92 Å². The molecule has 1 fully saturated rings. The van der Waals surface area contributed by atoms with Crippen LogP contribution in [0.3, 0.4) is 0 Å². The Morgan fingerprint density at radius 2 is 1.85 bits per heavy atom. The van der Waals surface area contributed by atoms with Crippen molar-refractivity contribution in [2.75, 3.05) is 33.1 Å². The van der Waals surface area contributed by atoms with Crippen LogP contribution < -0.4 is 9.47 Å². The molecule has 3 aliphatic rings. The van der Waals surface area contributed by atoms with Crippen molar-refractivity contribution in [1.29, 1.82) is 0 Å². The molecule has 4 heterocycles. The number of aliphatic hydroxyl groups is 1. The topological polar surface area (TPSA) is 56.1 Å². The highest BCUT2D eigenvalue weighted by Gasteiger charge is 2.32. The second-order valence-corrected chi connectivity index (χ2v) is 9.54. The fourth-order valence-electron chi connectivity index (χ4n) is 5.89. The Bertz CT molecular complexity index is 1130. The lowest BCUT2D eigenvalue weighted by atomic mass is 9.87. The molecule has 1 atom stereocenters. The molecule has 1 N–H and O–H groups in total. The SMILES string of the molecule is OCn1cc(CCC2c3cc4c(cc3CCN2CC2CCOCC2)OCO4)c2ccccc21. The molecule has 6 heteroatoms. The van der Waals surface area contributed by atoms with E-state index in [2.05, 4.69) is 41.4 Å². The predicted octanol–water partition coefficient (Wildman–Crippen LogP) is 4.28.